The molecule has 0 atom stereocenters. The van der Waals surface area contributed by atoms with Crippen LogP contribution in [0.1, 0.15) is 11.1 Å². The van der Waals surface area contributed by atoms with E-state index in [1.807, 2.05) is 6.07 Å². The predicted molar refractivity (Wildman–Crippen MR) is 77.2 cm³/mol. The minimum atomic E-state index is -0.217. The Balaban J connectivity index is 2.10. The molecular weight excluding hydrogens is 278 g/mol. The maximum Gasteiger partial charge on any atom is 0.158 e. The summed E-state index contributed by atoms with van der Waals surface area (Å²) in [7, 11) is 0. The first kappa shape index (κ1) is 13.7. The van der Waals surface area contributed by atoms with Crippen LogP contribution >= 0.6 is 11.6 Å². The van der Waals surface area contributed by atoms with E-state index in [-0.39, 0.29) is 11.5 Å². The topological polar surface area (TPSA) is 88.6 Å². The molecule has 0 amide bonds. The van der Waals surface area contributed by atoms with Crippen LogP contribution < -0.4 is 5.43 Å². The second-order valence-electron chi connectivity index (χ2n) is 3.92. The number of halogens is 1. The van der Waals surface area contributed by atoms with Crippen LogP contribution in [0.25, 0.3) is 0 Å². The Morgan fingerprint density at radius 1 is 1.15 bits per heavy atom. The van der Waals surface area contributed by atoms with Crippen LogP contribution in [-0.2, 0) is 0 Å². The van der Waals surface area contributed by atoms with Crippen LogP contribution in [0, 0.1) is 11.3 Å². The Morgan fingerprint density at radius 3 is 2.60 bits per heavy atom. The third-order valence-electron chi connectivity index (χ3n) is 2.50. The highest BCUT2D eigenvalue weighted by molar-refractivity contribution is 6.33. The van der Waals surface area contributed by atoms with Crippen molar-refractivity contribution in [3.05, 3.63) is 52.5 Å². The summed E-state index contributed by atoms with van der Waals surface area (Å²) in [5, 5.41) is 31.6. The summed E-state index contributed by atoms with van der Waals surface area (Å²) in [5.41, 5.74) is 4.37. The summed E-state index contributed by atoms with van der Waals surface area (Å²) >= 11 is 5.98. The Kier molecular flexibility index (Phi) is 4.08. The van der Waals surface area contributed by atoms with E-state index in [1.165, 1.54) is 24.4 Å². The van der Waals surface area contributed by atoms with E-state index in [9.17, 15) is 10.2 Å². The molecule has 0 aliphatic heterocycles. The molecule has 20 heavy (non-hydrogen) atoms. The van der Waals surface area contributed by atoms with Gasteiger partial charge in [0.1, 0.15) is 0 Å². The number of hydrazone groups is 1. The van der Waals surface area contributed by atoms with Crippen molar-refractivity contribution in [3.8, 4) is 17.6 Å². The number of hydrogen-bond acceptors (Lipinski definition) is 5. The lowest BCUT2D eigenvalue weighted by atomic mass is 10.2. The molecule has 0 fully saturated rings. The fourth-order valence-electron chi connectivity index (χ4n) is 1.47. The number of anilines is 1. The highest BCUT2D eigenvalue weighted by atomic mass is 35.5. The van der Waals surface area contributed by atoms with Gasteiger partial charge in [0, 0.05) is 0 Å². The lowest BCUT2D eigenvalue weighted by molar-refractivity contribution is 0.403. The third kappa shape index (κ3) is 3.19. The van der Waals surface area contributed by atoms with E-state index in [0.717, 1.165) is 0 Å². The highest BCUT2D eigenvalue weighted by Crippen LogP contribution is 2.24. The van der Waals surface area contributed by atoms with Gasteiger partial charge in [-0.2, -0.15) is 10.4 Å². The van der Waals surface area contributed by atoms with Crippen molar-refractivity contribution in [1.29, 1.82) is 5.26 Å². The van der Waals surface area contributed by atoms with Crippen molar-refractivity contribution in [1.82, 2.24) is 0 Å². The van der Waals surface area contributed by atoms with Gasteiger partial charge >= 0.3 is 0 Å². The molecule has 2 rings (SSSR count). The van der Waals surface area contributed by atoms with E-state index >= 15 is 0 Å². The largest absolute Gasteiger partial charge is 0.504 e. The molecule has 2 aromatic rings. The number of nitrogens with zero attached hydrogens (tertiary/aromatic N) is 2. The standard InChI is InChI=1S/C14H10ClN3O2/c15-11-5-9(7-16)1-3-12(11)18-17-8-10-2-4-13(19)14(20)6-10/h1-6,8,18-20H/b17-8+. The SMILES string of the molecule is N#Cc1ccc(N/N=C/c2ccc(O)c(O)c2)c(Cl)c1. The van der Waals surface area contributed by atoms with Gasteiger partial charge in [-0.25, -0.2) is 0 Å². The second-order valence-corrected chi connectivity index (χ2v) is 4.33. The lowest BCUT2D eigenvalue weighted by Crippen LogP contribution is -1.92. The fraction of sp³-hybridized carbons (Fsp3) is 0. The number of nitriles is 1. The first-order valence-corrected chi connectivity index (χ1v) is 5.98. The summed E-state index contributed by atoms with van der Waals surface area (Å²) in [6.45, 7) is 0. The van der Waals surface area contributed by atoms with Gasteiger partial charge in [-0.15, -0.1) is 0 Å². The van der Waals surface area contributed by atoms with E-state index < -0.39 is 0 Å². The van der Waals surface area contributed by atoms with Crippen LogP contribution in [0.15, 0.2) is 41.5 Å². The summed E-state index contributed by atoms with van der Waals surface area (Å²) < 4.78 is 0. The molecule has 6 heteroatoms. The number of nitrogens with one attached hydrogen (secondary N) is 1. The molecule has 5 nitrogen and oxygen atoms in total. The van der Waals surface area contributed by atoms with Gasteiger partial charge in [0.2, 0.25) is 0 Å². The number of benzene rings is 2. The van der Waals surface area contributed by atoms with Crippen molar-refractivity contribution in [2.75, 3.05) is 5.43 Å². The predicted octanol–water partition coefficient (Wildman–Crippen LogP) is 3.07. The first-order chi connectivity index (χ1) is 9.60. The van der Waals surface area contributed by atoms with Crippen molar-refractivity contribution in [3.63, 3.8) is 0 Å². The van der Waals surface area contributed by atoms with Crippen molar-refractivity contribution < 1.29 is 10.2 Å². The van der Waals surface area contributed by atoms with Crippen LogP contribution in [-0.4, -0.2) is 16.4 Å². The lowest BCUT2D eigenvalue weighted by Gasteiger charge is -2.03. The Hall–Kier alpha value is -2.71. The van der Waals surface area contributed by atoms with Crippen LogP contribution in [0.5, 0.6) is 11.5 Å². The number of hydrogen-bond donors (Lipinski definition) is 3. The van der Waals surface area contributed by atoms with Gasteiger partial charge in [0.05, 0.1) is 28.6 Å². The van der Waals surface area contributed by atoms with E-state index in [1.54, 1.807) is 18.2 Å². The monoisotopic (exact) mass is 287 g/mol. The van der Waals surface area contributed by atoms with Gasteiger partial charge < -0.3 is 10.2 Å². The molecule has 0 aliphatic rings. The van der Waals surface area contributed by atoms with Gasteiger partial charge in [-0.05, 0) is 42.0 Å². The molecule has 0 unspecified atom stereocenters. The van der Waals surface area contributed by atoms with Crippen LogP contribution in [0.4, 0.5) is 5.69 Å². The molecule has 0 aromatic heterocycles. The Morgan fingerprint density at radius 2 is 1.95 bits per heavy atom. The summed E-state index contributed by atoms with van der Waals surface area (Å²) in [5.74, 6) is -0.407. The van der Waals surface area contributed by atoms with Crippen LogP contribution in [0.3, 0.4) is 0 Å². The van der Waals surface area contributed by atoms with E-state index in [2.05, 4.69) is 10.5 Å². The minimum Gasteiger partial charge on any atom is -0.504 e. The average molecular weight is 288 g/mol. The smallest absolute Gasteiger partial charge is 0.158 e. The van der Waals surface area contributed by atoms with E-state index in [0.29, 0.717) is 21.8 Å². The zero-order valence-electron chi connectivity index (χ0n) is 10.2. The molecule has 3 N–H and O–H groups in total. The Labute approximate surface area is 120 Å². The normalized spacial score (nSPS) is 10.4. The minimum absolute atomic E-state index is 0.190. The van der Waals surface area contributed by atoms with Crippen molar-refractivity contribution in [2.24, 2.45) is 5.10 Å². The number of aromatic hydroxyl groups is 2. The van der Waals surface area contributed by atoms with Gasteiger partial charge in [-0.3, -0.25) is 5.43 Å². The molecule has 0 radical (unpaired) electrons. The number of phenols is 2. The zero-order chi connectivity index (χ0) is 14.5. The molecule has 0 spiro atoms. The number of phenolic OH excluding ortho intramolecular Hbond substituents is 2. The maximum absolute atomic E-state index is 9.33. The van der Waals surface area contributed by atoms with Gasteiger partial charge in [-0.1, -0.05) is 11.6 Å². The van der Waals surface area contributed by atoms with Crippen molar-refractivity contribution in [2.45, 2.75) is 0 Å². The summed E-state index contributed by atoms with van der Waals surface area (Å²) in [4.78, 5) is 0. The first-order valence-electron chi connectivity index (χ1n) is 5.61. The molecule has 2 aromatic carbocycles. The highest BCUT2D eigenvalue weighted by Gasteiger charge is 2.01. The quantitative estimate of drug-likeness (QED) is 0.460. The summed E-state index contributed by atoms with van der Waals surface area (Å²) in [6.07, 6.45) is 1.47. The fourth-order valence-corrected chi connectivity index (χ4v) is 1.70. The van der Waals surface area contributed by atoms with Gasteiger partial charge in [0.25, 0.3) is 0 Å². The molecular formula is C14H10ClN3O2. The van der Waals surface area contributed by atoms with E-state index in [4.69, 9.17) is 16.9 Å². The molecule has 0 saturated heterocycles. The van der Waals surface area contributed by atoms with Crippen molar-refractivity contribution >= 4 is 23.5 Å². The van der Waals surface area contributed by atoms with Gasteiger partial charge in [0.15, 0.2) is 11.5 Å². The summed E-state index contributed by atoms with van der Waals surface area (Å²) in [6, 6.07) is 11.1. The molecule has 100 valence electrons. The average Bonchev–Trinajstić information content (AvgIpc) is 2.44. The number of rotatable bonds is 3. The Bertz CT molecular complexity index is 708. The van der Waals surface area contributed by atoms with Crippen LogP contribution in [0.2, 0.25) is 5.02 Å². The second kappa shape index (κ2) is 5.95. The zero-order valence-corrected chi connectivity index (χ0v) is 11.0. The third-order valence-corrected chi connectivity index (χ3v) is 2.81. The molecule has 0 aliphatic carbocycles. The molecule has 0 saturated carbocycles. The maximum atomic E-state index is 9.33. The molecule has 0 heterocycles. The molecule has 0 bridgehead atoms.